The van der Waals surface area contributed by atoms with Crippen LogP contribution in [0.5, 0.6) is 0 Å². The molecule has 0 saturated carbocycles. The van der Waals surface area contributed by atoms with Crippen LogP contribution in [0.15, 0.2) is 6.20 Å². The molecule has 1 aromatic heterocycles. The molecule has 0 spiro atoms. The number of anilines is 3. The summed E-state index contributed by atoms with van der Waals surface area (Å²) in [7, 11) is 0. The molecule has 0 bridgehead atoms. The Morgan fingerprint density at radius 3 is 1.86 bits per heavy atom. The molecule has 9 nitrogen and oxygen atoms in total. The normalized spacial score (nSPS) is 19.0. The standard InChI is InChI=1S/C12H11N5O4/c13-12-14-5-6(16-7(18)1-2-8(16)19)11(15-12)17-9(20)3-4-10(17)21/h5H,1-4H2,(H2,13,14,15). The van der Waals surface area contributed by atoms with Crippen molar-refractivity contribution >= 4 is 41.1 Å². The van der Waals surface area contributed by atoms with Gasteiger partial charge in [0.1, 0.15) is 5.69 Å². The summed E-state index contributed by atoms with van der Waals surface area (Å²) in [4.78, 5) is 56.7. The fraction of sp³-hybridized carbons (Fsp3) is 0.333. The lowest BCUT2D eigenvalue weighted by molar-refractivity contribution is -0.123. The fourth-order valence-corrected chi connectivity index (χ4v) is 2.36. The van der Waals surface area contributed by atoms with Crippen molar-refractivity contribution in [3.05, 3.63) is 6.20 Å². The number of imide groups is 2. The molecule has 0 aromatic carbocycles. The SMILES string of the molecule is Nc1ncc(N2C(=O)CCC2=O)c(N2C(=O)CCC2=O)n1. The van der Waals surface area contributed by atoms with Crippen molar-refractivity contribution in [3.8, 4) is 0 Å². The number of rotatable bonds is 2. The summed E-state index contributed by atoms with van der Waals surface area (Å²) in [6.07, 6.45) is 1.45. The van der Waals surface area contributed by atoms with E-state index in [9.17, 15) is 19.2 Å². The fourth-order valence-electron chi connectivity index (χ4n) is 2.36. The number of nitrogen functional groups attached to an aromatic ring is 1. The van der Waals surface area contributed by atoms with E-state index < -0.39 is 23.6 Å². The van der Waals surface area contributed by atoms with Crippen LogP contribution in [0.25, 0.3) is 0 Å². The van der Waals surface area contributed by atoms with Gasteiger partial charge in [-0.2, -0.15) is 4.98 Å². The molecule has 108 valence electrons. The first-order valence-corrected chi connectivity index (χ1v) is 6.33. The molecule has 3 rings (SSSR count). The van der Waals surface area contributed by atoms with Crippen LogP contribution in [-0.2, 0) is 19.2 Å². The number of hydrogen-bond donors (Lipinski definition) is 1. The van der Waals surface area contributed by atoms with E-state index in [4.69, 9.17) is 5.73 Å². The molecule has 0 atom stereocenters. The second-order valence-corrected chi connectivity index (χ2v) is 4.68. The Bertz CT molecular complexity index is 654. The average Bonchev–Trinajstić information content (AvgIpc) is 2.94. The Balaban J connectivity index is 2.13. The number of hydrogen-bond acceptors (Lipinski definition) is 7. The first-order chi connectivity index (χ1) is 9.99. The van der Waals surface area contributed by atoms with Crippen LogP contribution < -0.4 is 15.5 Å². The summed E-state index contributed by atoms with van der Waals surface area (Å²) in [5.41, 5.74) is 5.51. The molecular formula is C12H11N5O4. The summed E-state index contributed by atoms with van der Waals surface area (Å²) in [5.74, 6) is -2.00. The molecule has 4 amide bonds. The van der Waals surface area contributed by atoms with E-state index in [1.807, 2.05) is 0 Å². The van der Waals surface area contributed by atoms with E-state index in [1.54, 1.807) is 0 Å². The van der Waals surface area contributed by atoms with Crippen molar-refractivity contribution in [1.82, 2.24) is 9.97 Å². The number of amides is 4. The van der Waals surface area contributed by atoms with Gasteiger partial charge in [-0.25, -0.2) is 14.8 Å². The second-order valence-electron chi connectivity index (χ2n) is 4.68. The van der Waals surface area contributed by atoms with Crippen molar-refractivity contribution in [3.63, 3.8) is 0 Å². The highest BCUT2D eigenvalue weighted by atomic mass is 16.2. The third-order valence-electron chi connectivity index (χ3n) is 3.32. The maximum atomic E-state index is 11.8. The van der Waals surface area contributed by atoms with Crippen LogP contribution in [0, 0.1) is 0 Å². The molecule has 2 saturated heterocycles. The van der Waals surface area contributed by atoms with Gasteiger partial charge in [-0.3, -0.25) is 19.2 Å². The highest BCUT2D eigenvalue weighted by Crippen LogP contribution is 2.33. The maximum Gasteiger partial charge on any atom is 0.235 e. The third kappa shape index (κ3) is 2.02. The van der Waals surface area contributed by atoms with E-state index in [0.717, 1.165) is 9.80 Å². The Morgan fingerprint density at radius 2 is 1.33 bits per heavy atom. The number of carbonyl (C=O) groups excluding carboxylic acids is 4. The van der Waals surface area contributed by atoms with Gasteiger partial charge in [0, 0.05) is 25.7 Å². The largest absolute Gasteiger partial charge is 0.368 e. The molecule has 0 unspecified atom stereocenters. The molecule has 3 heterocycles. The zero-order valence-corrected chi connectivity index (χ0v) is 10.9. The van der Waals surface area contributed by atoms with Gasteiger partial charge in [0.05, 0.1) is 6.20 Å². The quantitative estimate of drug-likeness (QED) is 0.718. The van der Waals surface area contributed by atoms with Gasteiger partial charge < -0.3 is 5.73 Å². The zero-order valence-electron chi connectivity index (χ0n) is 10.9. The van der Waals surface area contributed by atoms with Gasteiger partial charge in [-0.15, -0.1) is 0 Å². The summed E-state index contributed by atoms with van der Waals surface area (Å²) >= 11 is 0. The molecule has 9 heteroatoms. The zero-order chi connectivity index (χ0) is 15.1. The Labute approximate surface area is 118 Å². The van der Waals surface area contributed by atoms with Crippen LogP contribution in [-0.4, -0.2) is 33.6 Å². The predicted octanol–water partition coefficient (Wildman–Crippen LogP) is -0.634. The van der Waals surface area contributed by atoms with Gasteiger partial charge in [-0.1, -0.05) is 0 Å². The molecule has 21 heavy (non-hydrogen) atoms. The van der Waals surface area contributed by atoms with Crippen molar-refractivity contribution in [2.24, 2.45) is 0 Å². The van der Waals surface area contributed by atoms with Crippen LogP contribution >= 0.6 is 0 Å². The van der Waals surface area contributed by atoms with Gasteiger partial charge in [0.15, 0.2) is 5.82 Å². The van der Waals surface area contributed by atoms with Crippen molar-refractivity contribution in [1.29, 1.82) is 0 Å². The average molecular weight is 289 g/mol. The molecule has 0 aliphatic carbocycles. The Kier molecular flexibility index (Phi) is 2.89. The maximum absolute atomic E-state index is 11.8. The Hall–Kier alpha value is -2.84. The van der Waals surface area contributed by atoms with Gasteiger partial charge in [0.2, 0.25) is 29.6 Å². The van der Waals surface area contributed by atoms with Gasteiger partial charge >= 0.3 is 0 Å². The molecular weight excluding hydrogens is 278 g/mol. The molecule has 2 aliphatic heterocycles. The summed E-state index contributed by atoms with van der Waals surface area (Å²) in [6, 6.07) is 0. The third-order valence-corrected chi connectivity index (χ3v) is 3.32. The molecule has 2 N–H and O–H groups in total. The summed E-state index contributed by atoms with van der Waals surface area (Å²) in [6.45, 7) is 0. The highest BCUT2D eigenvalue weighted by molar-refractivity contribution is 6.25. The van der Waals surface area contributed by atoms with Crippen LogP contribution in [0.1, 0.15) is 25.7 Å². The highest BCUT2D eigenvalue weighted by Gasteiger charge is 2.38. The van der Waals surface area contributed by atoms with Gasteiger partial charge in [0.25, 0.3) is 0 Å². The topological polar surface area (TPSA) is 127 Å². The van der Waals surface area contributed by atoms with E-state index in [0.29, 0.717) is 0 Å². The van der Waals surface area contributed by atoms with Crippen molar-refractivity contribution in [2.45, 2.75) is 25.7 Å². The van der Waals surface area contributed by atoms with E-state index in [-0.39, 0.29) is 43.1 Å². The molecule has 1 aromatic rings. The smallest absolute Gasteiger partial charge is 0.235 e. The van der Waals surface area contributed by atoms with Crippen LogP contribution in [0.3, 0.4) is 0 Å². The first-order valence-electron chi connectivity index (χ1n) is 6.33. The van der Waals surface area contributed by atoms with E-state index >= 15 is 0 Å². The lowest BCUT2D eigenvalue weighted by Crippen LogP contribution is -2.35. The predicted molar refractivity (Wildman–Crippen MR) is 69.9 cm³/mol. The van der Waals surface area contributed by atoms with Crippen LogP contribution in [0.4, 0.5) is 17.5 Å². The molecule has 2 aliphatic rings. The van der Waals surface area contributed by atoms with Gasteiger partial charge in [-0.05, 0) is 0 Å². The summed E-state index contributed by atoms with van der Waals surface area (Å²) in [5, 5.41) is 0. The number of aromatic nitrogens is 2. The second kappa shape index (κ2) is 4.62. The minimum Gasteiger partial charge on any atom is -0.368 e. The van der Waals surface area contributed by atoms with Crippen LogP contribution in [0.2, 0.25) is 0 Å². The minimum atomic E-state index is -0.446. The number of nitrogens with two attached hydrogens (primary N) is 1. The lowest BCUT2D eigenvalue weighted by atomic mass is 10.3. The van der Waals surface area contributed by atoms with Crippen molar-refractivity contribution < 1.29 is 19.2 Å². The molecule has 0 radical (unpaired) electrons. The Morgan fingerprint density at radius 1 is 0.857 bits per heavy atom. The van der Waals surface area contributed by atoms with E-state index in [1.165, 1.54) is 6.20 Å². The number of nitrogens with zero attached hydrogens (tertiary/aromatic N) is 4. The lowest BCUT2D eigenvalue weighted by Gasteiger charge is -2.21. The van der Waals surface area contributed by atoms with Crippen molar-refractivity contribution in [2.75, 3.05) is 15.5 Å². The monoisotopic (exact) mass is 289 g/mol. The van der Waals surface area contributed by atoms with E-state index in [2.05, 4.69) is 9.97 Å². The minimum absolute atomic E-state index is 0.0142. The summed E-state index contributed by atoms with van der Waals surface area (Å²) < 4.78 is 0. The molecule has 2 fully saturated rings. The number of carbonyl (C=O) groups is 4. The first kappa shape index (κ1) is 13.2.